The first kappa shape index (κ1) is 21.4. The van der Waals surface area contributed by atoms with Gasteiger partial charge in [0, 0.05) is 36.6 Å². The molecule has 1 unspecified atom stereocenters. The normalized spacial score (nSPS) is 22.4. The molecule has 1 amide bonds. The molecule has 0 bridgehead atoms. The Labute approximate surface area is 185 Å². The van der Waals surface area contributed by atoms with Crippen molar-refractivity contribution in [1.82, 2.24) is 25.5 Å². The molecule has 166 valence electrons. The van der Waals surface area contributed by atoms with Crippen molar-refractivity contribution in [2.45, 2.75) is 44.8 Å². The standard InChI is InChI=1S/C21H26ClFN6O2/c1-2-7-31-21(30)29-6-4-3-5-14(29)10-25-20-17(23)12-27-19(28-20)16-11-26-18-15(16)8-13(22)9-24-18/h8-9,11-12,14,18,24,26H,2-7,10H2,1H3,(H,25,27,28)/t14-,18?/m1/s1. The Kier molecular flexibility index (Phi) is 6.60. The van der Waals surface area contributed by atoms with Gasteiger partial charge in [0.15, 0.2) is 17.5 Å². The fourth-order valence-corrected chi connectivity index (χ4v) is 4.08. The number of allylic oxidation sites excluding steroid dienone is 2. The number of piperidine rings is 1. The number of dihydropyridines is 1. The molecule has 3 aliphatic rings. The van der Waals surface area contributed by atoms with Crippen LogP contribution < -0.4 is 16.0 Å². The summed E-state index contributed by atoms with van der Waals surface area (Å²) < 4.78 is 19.7. The van der Waals surface area contributed by atoms with E-state index < -0.39 is 5.82 Å². The van der Waals surface area contributed by atoms with E-state index in [1.165, 1.54) is 0 Å². The number of hydrogen-bond donors (Lipinski definition) is 3. The van der Waals surface area contributed by atoms with Gasteiger partial charge in [-0.05, 0) is 31.8 Å². The Balaban J connectivity index is 1.47. The summed E-state index contributed by atoms with van der Waals surface area (Å²) in [7, 11) is 0. The van der Waals surface area contributed by atoms with Crippen LogP contribution in [0.1, 0.15) is 38.4 Å². The number of carbonyl (C=O) groups is 1. The van der Waals surface area contributed by atoms with E-state index in [1.807, 2.05) is 13.0 Å². The minimum Gasteiger partial charge on any atom is -0.449 e. The maximum Gasteiger partial charge on any atom is 0.410 e. The zero-order chi connectivity index (χ0) is 21.8. The number of nitrogens with one attached hydrogen (secondary N) is 3. The van der Waals surface area contributed by atoms with Gasteiger partial charge >= 0.3 is 6.09 Å². The molecule has 3 aliphatic heterocycles. The number of aromatic nitrogens is 2. The summed E-state index contributed by atoms with van der Waals surface area (Å²) in [5.41, 5.74) is 1.64. The van der Waals surface area contributed by atoms with Gasteiger partial charge in [-0.3, -0.25) is 0 Å². The molecule has 3 N–H and O–H groups in total. The predicted octanol–water partition coefficient (Wildman–Crippen LogP) is 3.31. The van der Waals surface area contributed by atoms with E-state index in [0.29, 0.717) is 30.6 Å². The maximum absolute atomic E-state index is 14.4. The van der Waals surface area contributed by atoms with Crippen LogP contribution >= 0.6 is 11.6 Å². The molecular weight excluding hydrogens is 423 g/mol. The largest absolute Gasteiger partial charge is 0.449 e. The third-order valence-electron chi connectivity index (χ3n) is 5.48. The van der Waals surface area contributed by atoms with E-state index in [2.05, 4.69) is 25.9 Å². The molecule has 1 aromatic rings. The lowest BCUT2D eigenvalue weighted by Crippen LogP contribution is -2.47. The lowest BCUT2D eigenvalue weighted by atomic mass is 10.0. The molecule has 10 heteroatoms. The summed E-state index contributed by atoms with van der Waals surface area (Å²) >= 11 is 6.11. The van der Waals surface area contributed by atoms with Crippen molar-refractivity contribution in [3.63, 3.8) is 0 Å². The van der Waals surface area contributed by atoms with Crippen LogP contribution in [0.4, 0.5) is 15.0 Å². The van der Waals surface area contributed by atoms with E-state index in [4.69, 9.17) is 16.3 Å². The Morgan fingerprint density at radius 2 is 2.23 bits per heavy atom. The Hall–Kier alpha value is -2.81. The molecule has 0 aliphatic carbocycles. The Morgan fingerprint density at radius 1 is 1.39 bits per heavy atom. The van der Waals surface area contributed by atoms with Crippen LogP contribution in [-0.2, 0) is 4.74 Å². The predicted molar refractivity (Wildman–Crippen MR) is 117 cm³/mol. The summed E-state index contributed by atoms with van der Waals surface area (Å²) in [5, 5.41) is 9.95. The zero-order valence-corrected chi connectivity index (χ0v) is 18.1. The fourth-order valence-electron chi connectivity index (χ4n) is 3.90. The van der Waals surface area contributed by atoms with Crippen LogP contribution in [0.15, 0.2) is 35.3 Å². The number of anilines is 1. The average Bonchev–Trinajstić information content (AvgIpc) is 3.20. The van der Waals surface area contributed by atoms with Gasteiger partial charge in [0.25, 0.3) is 0 Å². The quantitative estimate of drug-likeness (QED) is 0.615. The second-order valence-corrected chi connectivity index (χ2v) is 8.12. The third-order valence-corrected chi connectivity index (χ3v) is 5.70. The highest BCUT2D eigenvalue weighted by atomic mass is 35.5. The number of amides is 1. The summed E-state index contributed by atoms with van der Waals surface area (Å²) in [6, 6.07) is -0.0816. The van der Waals surface area contributed by atoms with Crippen LogP contribution in [0.25, 0.3) is 5.57 Å². The molecule has 8 nitrogen and oxygen atoms in total. The highest BCUT2D eigenvalue weighted by molar-refractivity contribution is 6.31. The molecule has 1 aromatic heterocycles. The minimum absolute atomic E-state index is 0.0816. The molecule has 0 aromatic carbocycles. The number of nitrogens with zero attached hydrogens (tertiary/aromatic N) is 3. The lowest BCUT2D eigenvalue weighted by molar-refractivity contribution is 0.0760. The third kappa shape index (κ3) is 4.76. The lowest BCUT2D eigenvalue weighted by Gasteiger charge is -2.35. The van der Waals surface area contributed by atoms with Crippen LogP contribution in [0, 0.1) is 5.82 Å². The first-order chi connectivity index (χ1) is 15.1. The van der Waals surface area contributed by atoms with Crippen LogP contribution in [0.3, 0.4) is 0 Å². The smallest absolute Gasteiger partial charge is 0.410 e. The number of ether oxygens (including phenoxy) is 1. The van der Waals surface area contributed by atoms with Gasteiger partial charge in [-0.1, -0.05) is 18.5 Å². The number of halogens is 2. The molecule has 4 heterocycles. The second kappa shape index (κ2) is 9.55. The van der Waals surface area contributed by atoms with Gasteiger partial charge in [-0.15, -0.1) is 0 Å². The number of rotatable bonds is 6. The van der Waals surface area contributed by atoms with Gasteiger partial charge < -0.3 is 25.6 Å². The van der Waals surface area contributed by atoms with Crippen molar-refractivity contribution in [2.24, 2.45) is 0 Å². The molecule has 31 heavy (non-hydrogen) atoms. The maximum atomic E-state index is 14.4. The minimum atomic E-state index is -0.545. The van der Waals surface area contributed by atoms with Crippen LogP contribution in [-0.4, -0.2) is 52.9 Å². The monoisotopic (exact) mass is 448 g/mol. The van der Waals surface area contributed by atoms with Gasteiger partial charge in [-0.25, -0.2) is 19.2 Å². The molecule has 0 radical (unpaired) electrons. The van der Waals surface area contributed by atoms with Crippen molar-refractivity contribution in [3.05, 3.63) is 46.9 Å². The van der Waals surface area contributed by atoms with Gasteiger partial charge in [-0.2, -0.15) is 0 Å². The van der Waals surface area contributed by atoms with Crippen LogP contribution in [0.2, 0.25) is 0 Å². The first-order valence-corrected chi connectivity index (χ1v) is 10.9. The van der Waals surface area contributed by atoms with E-state index in [9.17, 15) is 9.18 Å². The van der Waals surface area contributed by atoms with Crippen molar-refractivity contribution in [1.29, 1.82) is 0 Å². The number of likely N-dealkylation sites (tertiary alicyclic amines) is 1. The number of hydrogen-bond acceptors (Lipinski definition) is 7. The van der Waals surface area contributed by atoms with Crippen molar-refractivity contribution < 1.29 is 13.9 Å². The highest BCUT2D eigenvalue weighted by Crippen LogP contribution is 2.31. The molecule has 0 spiro atoms. The van der Waals surface area contributed by atoms with E-state index in [-0.39, 0.29) is 24.1 Å². The van der Waals surface area contributed by atoms with E-state index >= 15 is 0 Å². The molecule has 2 atom stereocenters. The highest BCUT2D eigenvalue weighted by Gasteiger charge is 2.29. The Morgan fingerprint density at radius 3 is 3.06 bits per heavy atom. The zero-order valence-electron chi connectivity index (χ0n) is 17.3. The van der Waals surface area contributed by atoms with Crippen molar-refractivity contribution >= 4 is 29.1 Å². The second-order valence-electron chi connectivity index (χ2n) is 7.68. The van der Waals surface area contributed by atoms with E-state index in [1.54, 1.807) is 17.3 Å². The molecule has 4 rings (SSSR count). The Bertz CT molecular complexity index is 934. The first-order valence-electron chi connectivity index (χ1n) is 10.6. The summed E-state index contributed by atoms with van der Waals surface area (Å²) in [5.74, 6) is -0.0505. The van der Waals surface area contributed by atoms with Gasteiger partial charge in [0.2, 0.25) is 0 Å². The molecular formula is C21H26ClFN6O2. The number of carbonyl (C=O) groups excluding carboxylic acids is 1. The fraction of sp³-hybridized carbons (Fsp3) is 0.476. The summed E-state index contributed by atoms with van der Waals surface area (Å²) in [6.07, 6.45) is 9.60. The van der Waals surface area contributed by atoms with Crippen LogP contribution in [0.5, 0.6) is 0 Å². The van der Waals surface area contributed by atoms with Crippen molar-refractivity contribution in [3.8, 4) is 0 Å². The number of fused-ring (bicyclic) bond motifs is 1. The average molecular weight is 449 g/mol. The molecule has 0 saturated carbocycles. The topological polar surface area (TPSA) is 91.4 Å². The van der Waals surface area contributed by atoms with Gasteiger partial charge in [0.1, 0.15) is 6.17 Å². The van der Waals surface area contributed by atoms with Crippen molar-refractivity contribution in [2.75, 3.05) is 25.0 Å². The molecule has 1 saturated heterocycles. The van der Waals surface area contributed by atoms with Gasteiger partial charge in [0.05, 0.1) is 23.9 Å². The van der Waals surface area contributed by atoms with E-state index in [0.717, 1.165) is 43.0 Å². The molecule has 1 fully saturated rings. The summed E-state index contributed by atoms with van der Waals surface area (Å²) in [4.78, 5) is 22.7. The summed E-state index contributed by atoms with van der Waals surface area (Å²) in [6.45, 7) is 3.38. The SMILES string of the molecule is CCCOC(=O)N1CCCC[C@@H]1CNc1nc(C2=CNC3NC=C(Cl)C=C23)ncc1F.